The Hall–Kier alpha value is -0.510. The Kier molecular flexibility index (Phi) is 4.28. The lowest BCUT2D eigenvalue weighted by molar-refractivity contribution is -0.156. The van der Waals surface area contributed by atoms with Crippen molar-refractivity contribution >= 4 is 22.8 Å². The standard InChI is InChI=1S/C13H23NO2S/c1-7-17-11-13(5,6)8-9(14-11)10(15)16-12(2,3)4/h9H,7-8H2,1-6H3/t9-/m0/s1. The van der Waals surface area contributed by atoms with E-state index in [4.69, 9.17) is 4.74 Å². The van der Waals surface area contributed by atoms with Crippen molar-refractivity contribution < 1.29 is 9.53 Å². The molecule has 3 nitrogen and oxygen atoms in total. The van der Waals surface area contributed by atoms with E-state index in [0.717, 1.165) is 17.2 Å². The minimum Gasteiger partial charge on any atom is -0.458 e. The van der Waals surface area contributed by atoms with E-state index in [9.17, 15) is 4.79 Å². The topological polar surface area (TPSA) is 38.7 Å². The number of aliphatic imine (C=N–C) groups is 1. The van der Waals surface area contributed by atoms with Crippen molar-refractivity contribution in [2.75, 3.05) is 5.75 Å². The van der Waals surface area contributed by atoms with Crippen molar-refractivity contribution in [1.29, 1.82) is 0 Å². The molecule has 1 atom stereocenters. The summed E-state index contributed by atoms with van der Waals surface area (Å²) in [5.74, 6) is 0.792. The molecule has 98 valence electrons. The van der Waals surface area contributed by atoms with Crippen molar-refractivity contribution in [3.05, 3.63) is 0 Å². The van der Waals surface area contributed by atoms with E-state index < -0.39 is 5.60 Å². The molecule has 4 heteroatoms. The third-order valence-corrected chi connectivity index (χ3v) is 3.74. The third kappa shape index (κ3) is 4.02. The SMILES string of the molecule is CCSC1=N[C@H](C(=O)OC(C)(C)C)CC1(C)C. The van der Waals surface area contributed by atoms with Crippen molar-refractivity contribution in [3.8, 4) is 0 Å². The van der Waals surface area contributed by atoms with Gasteiger partial charge in [-0.15, -0.1) is 11.8 Å². The zero-order chi connectivity index (χ0) is 13.3. The Labute approximate surface area is 108 Å². The molecule has 1 aliphatic heterocycles. The summed E-state index contributed by atoms with van der Waals surface area (Å²) in [7, 11) is 0. The maximum Gasteiger partial charge on any atom is 0.331 e. The lowest BCUT2D eigenvalue weighted by Crippen LogP contribution is -2.31. The van der Waals surface area contributed by atoms with Crippen molar-refractivity contribution in [1.82, 2.24) is 0 Å². The summed E-state index contributed by atoms with van der Waals surface area (Å²) in [5.41, 5.74) is -0.431. The maximum absolute atomic E-state index is 12.0. The molecule has 1 heterocycles. The predicted molar refractivity (Wildman–Crippen MR) is 73.6 cm³/mol. The van der Waals surface area contributed by atoms with Gasteiger partial charge in [0.1, 0.15) is 11.6 Å². The summed E-state index contributed by atoms with van der Waals surface area (Å²) < 4.78 is 5.39. The monoisotopic (exact) mass is 257 g/mol. The number of hydrogen-bond donors (Lipinski definition) is 0. The first-order valence-corrected chi connectivity index (χ1v) is 7.08. The highest BCUT2D eigenvalue weighted by Gasteiger charge is 2.40. The van der Waals surface area contributed by atoms with E-state index in [-0.39, 0.29) is 17.4 Å². The van der Waals surface area contributed by atoms with Gasteiger partial charge in [0.2, 0.25) is 0 Å². The van der Waals surface area contributed by atoms with Crippen molar-refractivity contribution in [2.45, 2.75) is 59.6 Å². The molecule has 0 aromatic rings. The van der Waals surface area contributed by atoms with Gasteiger partial charge in [-0.25, -0.2) is 4.79 Å². The third-order valence-electron chi connectivity index (χ3n) is 2.52. The Bertz CT molecular complexity index is 329. The molecule has 0 fully saturated rings. The largest absolute Gasteiger partial charge is 0.458 e. The second-order valence-electron chi connectivity index (χ2n) is 6.00. The molecule has 0 unspecified atom stereocenters. The van der Waals surface area contributed by atoms with Crippen LogP contribution in [0.3, 0.4) is 0 Å². The average Bonchev–Trinajstić information content (AvgIpc) is 2.40. The van der Waals surface area contributed by atoms with Gasteiger partial charge in [-0.1, -0.05) is 20.8 Å². The van der Waals surface area contributed by atoms with Crippen LogP contribution in [-0.2, 0) is 9.53 Å². The molecule has 0 bridgehead atoms. The van der Waals surface area contributed by atoms with E-state index in [2.05, 4.69) is 25.8 Å². The van der Waals surface area contributed by atoms with Gasteiger partial charge in [0.15, 0.2) is 0 Å². The minimum atomic E-state index is -0.433. The van der Waals surface area contributed by atoms with Crippen LogP contribution >= 0.6 is 11.8 Å². The normalized spacial score (nSPS) is 23.4. The van der Waals surface area contributed by atoms with Gasteiger partial charge in [0.05, 0.1) is 5.04 Å². The van der Waals surface area contributed by atoms with Crippen molar-refractivity contribution in [2.24, 2.45) is 10.4 Å². The van der Waals surface area contributed by atoms with Crippen LogP contribution in [0.2, 0.25) is 0 Å². The Morgan fingerprint density at radius 3 is 2.59 bits per heavy atom. The van der Waals surface area contributed by atoms with Gasteiger partial charge in [-0.3, -0.25) is 4.99 Å². The molecule has 0 saturated heterocycles. The highest BCUT2D eigenvalue weighted by atomic mass is 32.2. The first-order chi connectivity index (χ1) is 7.65. The van der Waals surface area contributed by atoms with Crippen LogP contribution in [0, 0.1) is 5.41 Å². The molecule has 1 aliphatic rings. The van der Waals surface area contributed by atoms with Crippen LogP contribution in [0.5, 0.6) is 0 Å². The number of nitrogens with zero attached hydrogens (tertiary/aromatic N) is 1. The Balaban J connectivity index is 2.73. The second-order valence-corrected chi connectivity index (χ2v) is 7.26. The molecule has 0 radical (unpaired) electrons. The summed E-state index contributed by atoms with van der Waals surface area (Å²) in [6, 6.07) is -0.321. The van der Waals surface area contributed by atoms with Gasteiger partial charge in [0.25, 0.3) is 0 Å². The lowest BCUT2D eigenvalue weighted by atomic mass is 9.90. The predicted octanol–water partition coefficient (Wildman–Crippen LogP) is 3.28. The van der Waals surface area contributed by atoms with Crippen LogP contribution in [-0.4, -0.2) is 28.4 Å². The summed E-state index contributed by atoms with van der Waals surface area (Å²) in [4.78, 5) is 16.5. The highest BCUT2D eigenvalue weighted by molar-refractivity contribution is 8.14. The van der Waals surface area contributed by atoms with Crippen LogP contribution in [0.1, 0.15) is 48.0 Å². The summed E-state index contributed by atoms with van der Waals surface area (Å²) in [6.45, 7) is 12.0. The maximum atomic E-state index is 12.0. The smallest absolute Gasteiger partial charge is 0.331 e. The first-order valence-electron chi connectivity index (χ1n) is 6.09. The van der Waals surface area contributed by atoms with E-state index in [1.165, 1.54) is 0 Å². The molecule has 1 rings (SSSR count). The quantitative estimate of drug-likeness (QED) is 0.713. The number of ether oxygens (including phenoxy) is 1. The second kappa shape index (κ2) is 5.01. The molecular weight excluding hydrogens is 234 g/mol. The fraction of sp³-hybridized carbons (Fsp3) is 0.846. The van der Waals surface area contributed by atoms with E-state index in [1.54, 1.807) is 11.8 Å². The number of thioether (sulfide) groups is 1. The molecule has 0 spiro atoms. The molecule has 0 N–H and O–H groups in total. The van der Waals surface area contributed by atoms with E-state index >= 15 is 0 Å². The van der Waals surface area contributed by atoms with E-state index in [0.29, 0.717) is 0 Å². The number of esters is 1. The Morgan fingerprint density at radius 1 is 1.53 bits per heavy atom. The number of carbonyl (C=O) groups excluding carboxylic acids is 1. The van der Waals surface area contributed by atoms with Gasteiger partial charge < -0.3 is 4.74 Å². The summed E-state index contributed by atoms with van der Waals surface area (Å²) in [6.07, 6.45) is 0.754. The van der Waals surface area contributed by atoms with Crippen LogP contribution in [0.15, 0.2) is 4.99 Å². The molecule has 0 aliphatic carbocycles. The Morgan fingerprint density at radius 2 is 2.12 bits per heavy atom. The van der Waals surface area contributed by atoms with E-state index in [1.807, 2.05) is 20.8 Å². The number of hydrogen-bond acceptors (Lipinski definition) is 4. The number of rotatable bonds is 2. The fourth-order valence-corrected chi connectivity index (χ4v) is 2.76. The average molecular weight is 257 g/mol. The van der Waals surface area contributed by atoms with Gasteiger partial charge >= 0.3 is 5.97 Å². The van der Waals surface area contributed by atoms with Crippen LogP contribution in [0.25, 0.3) is 0 Å². The first kappa shape index (κ1) is 14.6. The molecule has 0 aromatic carbocycles. The lowest BCUT2D eigenvalue weighted by Gasteiger charge is -2.22. The van der Waals surface area contributed by atoms with Crippen molar-refractivity contribution in [3.63, 3.8) is 0 Å². The van der Waals surface area contributed by atoms with Crippen LogP contribution < -0.4 is 0 Å². The summed E-state index contributed by atoms with van der Waals surface area (Å²) >= 11 is 1.73. The molecular formula is C13H23NO2S. The van der Waals surface area contributed by atoms with Gasteiger partial charge in [0, 0.05) is 5.41 Å². The zero-order valence-electron chi connectivity index (χ0n) is 11.7. The molecule has 0 amide bonds. The molecule has 0 saturated carbocycles. The van der Waals surface area contributed by atoms with Crippen LogP contribution in [0.4, 0.5) is 0 Å². The molecule has 0 aromatic heterocycles. The minimum absolute atomic E-state index is 0.00223. The number of carbonyl (C=O) groups is 1. The highest BCUT2D eigenvalue weighted by Crippen LogP contribution is 2.38. The fourth-order valence-electron chi connectivity index (χ4n) is 1.81. The van der Waals surface area contributed by atoms with Gasteiger partial charge in [-0.2, -0.15) is 0 Å². The zero-order valence-corrected chi connectivity index (χ0v) is 12.5. The molecule has 17 heavy (non-hydrogen) atoms. The van der Waals surface area contributed by atoms with Gasteiger partial charge in [-0.05, 0) is 32.9 Å². The summed E-state index contributed by atoms with van der Waals surface area (Å²) in [5, 5.41) is 1.08.